The third-order valence-electron chi connectivity index (χ3n) is 1.34. The van der Waals surface area contributed by atoms with E-state index in [1.807, 2.05) is 0 Å². The average molecular weight is 143 g/mol. The van der Waals surface area contributed by atoms with Crippen molar-refractivity contribution in [2.24, 2.45) is 4.78 Å². The second kappa shape index (κ2) is 3.50. The van der Waals surface area contributed by atoms with Gasteiger partial charge in [-0.25, -0.2) is 0 Å². The Labute approximate surface area is 55.3 Å². The third kappa shape index (κ3) is 2.05. The van der Waals surface area contributed by atoms with Crippen molar-refractivity contribution >= 4 is 9.20 Å². The molecule has 1 unspecified atom stereocenters. The molecule has 0 radical (unpaired) electrons. The predicted octanol–water partition coefficient (Wildman–Crippen LogP) is 1.33. The molecule has 5 heteroatoms. The summed E-state index contributed by atoms with van der Waals surface area (Å²) in [5.41, 5.74) is 8.03. The van der Waals surface area contributed by atoms with Gasteiger partial charge >= 0.3 is 0 Å². The Morgan fingerprint density at radius 3 is 3.00 bits per heavy atom. The minimum absolute atomic E-state index is 0.801. The fourth-order valence-corrected chi connectivity index (χ4v) is 2.41. The summed E-state index contributed by atoms with van der Waals surface area (Å²) in [5, 5.41) is 0. The highest BCUT2D eigenvalue weighted by molar-refractivity contribution is 6.49. The van der Waals surface area contributed by atoms with E-state index in [0.29, 0.717) is 0 Å². The summed E-state index contributed by atoms with van der Waals surface area (Å²) in [5.74, 6) is 0. The molecule has 1 heterocycles. The number of hydrogen-bond donors (Lipinski definition) is 0. The molecule has 0 saturated carbocycles. The van der Waals surface area contributed by atoms with E-state index in [0.717, 1.165) is 19.1 Å². The van der Waals surface area contributed by atoms with Crippen molar-refractivity contribution in [3.05, 3.63) is 10.4 Å². The SMILES string of the molecule is [N-]=[N+]=N[SiH]1CCCCO1. The maximum atomic E-state index is 8.03. The maximum absolute atomic E-state index is 8.03. The molecule has 4 nitrogen and oxygen atoms in total. The van der Waals surface area contributed by atoms with Crippen LogP contribution in [0.25, 0.3) is 10.4 Å². The molecule has 1 aliphatic heterocycles. The number of azide groups is 1. The fraction of sp³-hybridized carbons (Fsp3) is 1.00. The van der Waals surface area contributed by atoms with Gasteiger partial charge in [0.15, 0.2) is 0 Å². The molecule has 0 N–H and O–H groups in total. The van der Waals surface area contributed by atoms with Gasteiger partial charge in [-0.15, -0.1) is 0 Å². The monoisotopic (exact) mass is 143 g/mol. The molecule has 50 valence electrons. The molecule has 0 bridgehead atoms. The first-order valence-electron chi connectivity index (χ1n) is 3.09. The van der Waals surface area contributed by atoms with Crippen LogP contribution in [0.15, 0.2) is 4.78 Å². The first kappa shape index (κ1) is 6.60. The van der Waals surface area contributed by atoms with Crippen LogP contribution in [0.3, 0.4) is 0 Å². The van der Waals surface area contributed by atoms with Crippen molar-refractivity contribution in [3.8, 4) is 0 Å². The van der Waals surface area contributed by atoms with E-state index in [-0.39, 0.29) is 0 Å². The Morgan fingerprint density at radius 1 is 1.56 bits per heavy atom. The first-order valence-corrected chi connectivity index (χ1v) is 4.90. The van der Waals surface area contributed by atoms with Gasteiger partial charge < -0.3 is 4.43 Å². The van der Waals surface area contributed by atoms with Crippen molar-refractivity contribution in [2.75, 3.05) is 6.61 Å². The minimum Gasteiger partial charge on any atom is -0.414 e. The summed E-state index contributed by atoms with van der Waals surface area (Å²) >= 11 is 0. The van der Waals surface area contributed by atoms with Gasteiger partial charge in [-0.3, -0.25) is 0 Å². The van der Waals surface area contributed by atoms with Gasteiger partial charge in [0, 0.05) is 6.61 Å². The molecule has 0 aliphatic carbocycles. The Morgan fingerprint density at radius 2 is 2.44 bits per heavy atom. The van der Waals surface area contributed by atoms with Crippen molar-refractivity contribution < 1.29 is 4.43 Å². The summed E-state index contributed by atoms with van der Waals surface area (Å²) in [6.45, 7) is 0.801. The van der Waals surface area contributed by atoms with E-state index in [1.54, 1.807) is 0 Å². The fourth-order valence-electron chi connectivity index (χ4n) is 0.872. The van der Waals surface area contributed by atoms with Crippen LogP contribution in [0.2, 0.25) is 6.04 Å². The largest absolute Gasteiger partial charge is 0.414 e. The molecule has 0 spiro atoms. The van der Waals surface area contributed by atoms with E-state index in [4.69, 9.17) is 9.96 Å². The van der Waals surface area contributed by atoms with Crippen LogP contribution in [-0.4, -0.2) is 15.8 Å². The number of nitrogens with zero attached hydrogens (tertiary/aromatic N) is 3. The molecule has 0 aromatic carbocycles. The first-order chi connectivity index (χ1) is 4.43. The van der Waals surface area contributed by atoms with Crippen molar-refractivity contribution in [1.82, 2.24) is 0 Å². The van der Waals surface area contributed by atoms with Crippen LogP contribution in [0.5, 0.6) is 0 Å². The predicted molar refractivity (Wildman–Crippen MR) is 36.3 cm³/mol. The standard InChI is InChI=1S/C4H9N3OSi/c5-6-7-9-4-2-1-3-8-9/h9H,1-4H2. The van der Waals surface area contributed by atoms with E-state index in [9.17, 15) is 0 Å². The molecule has 0 aromatic heterocycles. The Kier molecular flexibility index (Phi) is 2.57. The molecule has 0 aromatic rings. The summed E-state index contributed by atoms with van der Waals surface area (Å²) in [7, 11) is -1.42. The lowest BCUT2D eigenvalue weighted by Gasteiger charge is -2.15. The van der Waals surface area contributed by atoms with Gasteiger partial charge in [0.2, 0.25) is 0 Å². The highest BCUT2D eigenvalue weighted by Gasteiger charge is 2.13. The second-order valence-electron chi connectivity index (χ2n) is 2.03. The molecule has 0 amide bonds. The van der Waals surface area contributed by atoms with E-state index < -0.39 is 9.20 Å². The van der Waals surface area contributed by atoms with Gasteiger partial charge in [0.1, 0.15) is 0 Å². The Hall–Kier alpha value is -0.513. The summed E-state index contributed by atoms with van der Waals surface area (Å²) < 4.78 is 8.82. The van der Waals surface area contributed by atoms with Crippen LogP contribution in [0, 0.1) is 0 Å². The van der Waals surface area contributed by atoms with E-state index >= 15 is 0 Å². The Bertz CT molecular complexity index is 128. The van der Waals surface area contributed by atoms with Gasteiger partial charge in [-0.2, -0.15) is 0 Å². The highest BCUT2D eigenvalue weighted by atomic mass is 28.3. The zero-order valence-corrected chi connectivity index (χ0v) is 6.31. The van der Waals surface area contributed by atoms with Gasteiger partial charge in [0.05, 0.1) is 0 Å². The summed E-state index contributed by atoms with van der Waals surface area (Å²) in [6, 6.07) is 1.02. The quantitative estimate of drug-likeness (QED) is 0.236. The lowest BCUT2D eigenvalue weighted by molar-refractivity contribution is 0.287. The number of hydrogen-bond acceptors (Lipinski definition) is 2. The number of rotatable bonds is 1. The highest BCUT2D eigenvalue weighted by Crippen LogP contribution is 2.10. The summed E-state index contributed by atoms with van der Waals surface area (Å²) in [4.78, 5) is 2.72. The maximum Gasteiger partial charge on any atom is 0.272 e. The van der Waals surface area contributed by atoms with Crippen LogP contribution in [0.4, 0.5) is 0 Å². The lowest BCUT2D eigenvalue weighted by Crippen LogP contribution is -2.20. The van der Waals surface area contributed by atoms with Gasteiger partial charge in [0.25, 0.3) is 9.20 Å². The molecule has 1 atom stereocenters. The molecular weight excluding hydrogens is 134 g/mol. The second-order valence-corrected chi connectivity index (χ2v) is 4.08. The van der Waals surface area contributed by atoms with Crippen molar-refractivity contribution in [3.63, 3.8) is 0 Å². The average Bonchev–Trinajstić information content (AvgIpc) is 1.91. The van der Waals surface area contributed by atoms with Crippen molar-refractivity contribution in [1.29, 1.82) is 0 Å². The molecular formula is C4H9N3OSi. The molecule has 1 rings (SSSR count). The Balaban J connectivity index is 2.31. The zero-order valence-electron chi connectivity index (χ0n) is 5.16. The topological polar surface area (TPSA) is 58.0 Å². The molecule has 1 fully saturated rings. The molecule has 9 heavy (non-hydrogen) atoms. The van der Waals surface area contributed by atoms with Crippen LogP contribution in [-0.2, 0) is 4.43 Å². The normalized spacial score (nSPS) is 26.9. The van der Waals surface area contributed by atoms with Crippen LogP contribution in [0.1, 0.15) is 12.8 Å². The van der Waals surface area contributed by atoms with E-state index in [1.165, 1.54) is 6.42 Å². The minimum atomic E-state index is -1.42. The van der Waals surface area contributed by atoms with Crippen LogP contribution >= 0.6 is 0 Å². The van der Waals surface area contributed by atoms with Crippen molar-refractivity contribution in [2.45, 2.75) is 18.9 Å². The summed E-state index contributed by atoms with van der Waals surface area (Å²) in [6.07, 6.45) is 2.31. The van der Waals surface area contributed by atoms with E-state index in [2.05, 4.69) is 9.69 Å². The molecule has 1 aliphatic rings. The smallest absolute Gasteiger partial charge is 0.272 e. The third-order valence-corrected chi connectivity index (χ3v) is 3.22. The van der Waals surface area contributed by atoms with Crippen LogP contribution < -0.4 is 0 Å². The zero-order chi connectivity index (χ0) is 6.53. The molecule has 1 saturated heterocycles. The van der Waals surface area contributed by atoms with Gasteiger partial charge in [-0.05, 0) is 22.9 Å². The lowest BCUT2D eigenvalue weighted by atomic mass is 10.4. The van der Waals surface area contributed by atoms with Gasteiger partial charge in [-0.1, -0.05) is 11.2 Å².